The summed E-state index contributed by atoms with van der Waals surface area (Å²) in [5.74, 6) is -0.438. The first-order valence-corrected chi connectivity index (χ1v) is 13.1. The molecule has 3 aromatic rings. The number of rotatable bonds is 9. The summed E-state index contributed by atoms with van der Waals surface area (Å²) in [7, 11) is -4.07. The van der Waals surface area contributed by atoms with Gasteiger partial charge in [0.1, 0.15) is 6.54 Å². The predicted molar refractivity (Wildman–Crippen MR) is 139 cm³/mol. The predicted octanol–water partition coefficient (Wildman–Crippen LogP) is 6.06. The number of amides is 1. The van der Waals surface area contributed by atoms with Crippen molar-refractivity contribution in [3.63, 3.8) is 0 Å². The lowest BCUT2D eigenvalue weighted by Gasteiger charge is -2.30. The van der Waals surface area contributed by atoms with E-state index < -0.39 is 22.5 Å². The molecule has 34 heavy (non-hydrogen) atoms. The molecule has 0 aromatic heterocycles. The van der Waals surface area contributed by atoms with E-state index in [2.05, 4.69) is 31.3 Å². The smallest absolute Gasteiger partial charge is 0.264 e. The highest BCUT2D eigenvalue weighted by atomic mass is 35.5. The third-order valence-corrected chi connectivity index (χ3v) is 8.18. The van der Waals surface area contributed by atoms with Crippen molar-refractivity contribution >= 4 is 44.8 Å². The van der Waals surface area contributed by atoms with Gasteiger partial charge in [0.2, 0.25) is 5.91 Å². The molecule has 0 bridgehead atoms. The molecule has 1 atom stereocenters. The third kappa shape index (κ3) is 6.12. The normalized spacial score (nSPS) is 12.7. The molecule has 0 saturated heterocycles. The maximum Gasteiger partial charge on any atom is 0.264 e. The fourth-order valence-corrected chi connectivity index (χ4v) is 5.88. The first-order chi connectivity index (χ1) is 16.0. The van der Waals surface area contributed by atoms with Crippen LogP contribution in [0.4, 0.5) is 5.69 Å². The fraction of sp³-hybridized carbons (Fsp3) is 0.269. The van der Waals surface area contributed by atoms with Crippen LogP contribution in [0.5, 0.6) is 0 Å². The van der Waals surface area contributed by atoms with Gasteiger partial charge in [-0.25, -0.2) is 8.42 Å². The van der Waals surface area contributed by atoms with Crippen LogP contribution in [0.1, 0.15) is 32.8 Å². The molecule has 0 fully saturated rings. The van der Waals surface area contributed by atoms with Gasteiger partial charge in [-0.1, -0.05) is 91.6 Å². The number of carbonyl (C=O) groups excluding carboxylic acids is 1. The highest BCUT2D eigenvalue weighted by Crippen LogP contribution is 2.35. The molecule has 0 radical (unpaired) electrons. The standard InChI is InChI=1S/C26H28Cl2N2O3S/c1-19(17-26(2,3)20-11-6-4-7-12-20)29-24(31)18-30(23-16-10-15-22(27)25(23)28)34(32,33)21-13-8-5-9-14-21/h4-16,19H,17-18H2,1-3H3,(H,29,31). The Kier molecular flexibility index (Phi) is 8.29. The number of hydrogen-bond donors (Lipinski definition) is 1. The van der Waals surface area contributed by atoms with Crippen molar-refractivity contribution in [2.24, 2.45) is 0 Å². The summed E-state index contributed by atoms with van der Waals surface area (Å²) >= 11 is 12.5. The molecular formula is C26H28Cl2N2O3S. The Labute approximate surface area is 211 Å². The molecule has 0 saturated carbocycles. The first-order valence-electron chi connectivity index (χ1n) is 10.9. The minimum absolute atomic E-state index is 0.0529. The van der Waals surface area contributed by atoms with Crippen molar-refractivity contribution in [1.82, 2.24) is 5.32 Å². The lowest BCUT2D eigenvalue weighted by Crippen LogP contribution is -2.45. The SMILES string of the molecule is CC(CC(C)(C)c1ccccc1)NC(=O)CN(c1cccc(Cl)c1Cl)S(=O)(=O)c1ccccc1. The van der Waals surface area contributed by atoms with Crippen molar-refractivity contribution in [2.45, 2.75) is 43.5 Å². The van der Waals surface area contributed by atoms with Crippen LogP contribution in [-0.2, 0) is 20.2 Å². The molecule has 0 heterocycles. The fourth-order valence-electron chi connectivity index (χ4n) is 3.98. The Morgan fingerprint density at radius 2 is 1.53 bits per heavy atom. The van der Waals surface area contributed by atoms with E-state index >= 15 is 0 Å². The summed E-state index contributed by atoms with van der Waals surface area (Å²) in [6.45, 7) is 5.70. The van der Waals surface area contributed by atoms with Gasteiger partial charge in [-0.15, -0.1) is 0 Å². The zero-order chi connectivity index (χ0) is 24.9. The maximum absolute atomic E-state index is 13.5. The second-order valence-electron chi connectivity index (χ2n) is 8.82. The average molecular weight is 519 g/mol. The van der Waals surface area contributed by atoms with E-state index in [0.29, 0.717) is 6.42 Å². The molecule has 5 nitrogen and oxygen atoms in total. The summed E-state index contributed by atoms with van der Waals surface area (Å²) in [6.07, 6.45) is 0.673. The Morgan fingerprint density at radius 3 is 2.15 bits per heavy atom. The highest BCUT2D eigenvalue weighted by molar-refractivity contribution is 7.92. The van der Waals surface area contributed by atoms with Crippen LogP contribution in [-0.4, -0.2) is 26.9 Å². The molecule has 0 spiro atoms. The van der Waals surface area contributed by atoms with Gasteiger partial charge in [0.05, 0.1) is 20.6 Å². The van der Waals surface area contributed by atoms with Gasteiger partial charge in [-0.05, 0) is 48.6 Å². The van der Waals surface area contributed by atoms with Crippen LogP contribution >= 0.6 is 23.2 Å². The van der Waals surface area contributed by atoms with E-state index in [-0.39, 0.29) is 32.1 Å². The summed E-state index contributed by atoms with van der Waals surface area (Å²) in [5.41, 5.74) is 1.13. The molecule has 3 aromatic carbocycles. The largest absolute Gasteiger partial charge is 0.352 e. The van der Waals surface area contributed by atoms with Crippen LogP contribution in [0.25, 0.3) is 0 Å². The van der Waals surface area contributed by atoms with E-state index in [9.17, 15) is 13.2 Å². The highest BCUT2D eigenvalue weighted by Gasteiger charge is 2.30. The number of nitrogens with one attached hydrogen (secondary N) is 1. The number of hydrogen-bond acceptors (Lipinski definition) is 3. The Balaban J connectivity index is 1.84. The van der Waals surface area contributed by atoms with Gasteiger partial charge in [-0.3, -0.25) is 9.10 Å². The van der Waals surface area contributed by atoms with Crippen LogP contribution in [0.15, 0.2) is 83.8 Å². The monoisotopic (exact) mass is 518 g/mol. The van der Waals surface area contributed by atoms with E-state index in [1.807, 2.05) is 25.1 Å². The average Bonchev–Trinajstić information content (AvgIpc) is 2.80. The minimum Gasteiger partial charge on any atom is -0.352 e. The van der Waals surface area contributed by atoms with Crippen LogP contribution in [0.2, 0.25) is 10.0 Å². The molecule has 180 valence electrons. The van der Waals surface area contributed by atoms with Gasteiger partial charge in [0.15, 0.2) is 0 Å². The van der Waals surface area contributed by atoms with Crippen molar-refractivity contribution in [3.05, 3.63) is 94.5 Å². The molecule has 1 unspecified atom stereocenters. The van der Waals surface area contributed by atoms with Gasteiger partial charge in [0.25, 0.3) is 10.0 Å². The maximum atomic E-state index is 13.5. The number of halogens is 2. The number of carbonyl (C=O) groups is 1. The summed E-state index contributed by atoms with van der Waals surface area (Å²) in [4.78, 5) is 13.1. The van der Waals surface area contributed by atoms with Gasteiger partial charge >= 0.3 is 0 Å². The number of nitrogens with zero attached hydrogens (tertiary/aromatic N) is 1. The van der Waals surface area contributed by atoms with E-state index in [1.54, 1.807) is 30.3 Å². The lowest BCUT2D eigenvalue weighted by molar-refractivity contribution is -0.120. The van der Waals surface area contributed by atoms with Crippen LogP contribution in [0.3, 0.4) is 0 Å². The van der Waals surface area contributed by atoms with Crippen LogP contribution < -0.4 is 9.62 Å². The number of sulfonamides is 1. The molecule has 3 rings (SSSR count). The quantitative estimate of drug-likeness (QED) is 0.374. The zero-order valence-corrected chi connectivity index (χ0v) is 21.7. The zero-order valence-electron chi connectivity index (χ0n) is 19.3. The molecule has 8 heteroatoms. The molecule has 0 aliphatic carbocycles. The third-order valence-electron chi connectivity index (χ3n) is 5.60. The van der Waals surface area contributed by atoms with Crippen molar-refractivity contribution in [1.29, 1.82) is 0 Å². The van der Waals surface area contributed by atoms with E-state index in [4.69, 9.17) is 23.2 Å². The first kappa shape index (κ1) is 26.1. The van der Waals surface area contributed by atoms with Gasteiger partial charge < -0.3 is 5.32 Å². The lowest BCUT2D eigenvalue weighted by atomic mass is 9.79. The molecular weight excluding hydrogens is 491 g/mol. The Bertz CT molecular complexity index is 1230. The molecule has 0 aliphatic rings. The Morgan fingerprint density at radius 1 is 0.941 bits per heavy atom. The topological polar surface area (TPSA) is 66.5 Å². The second-order valence-corrected chi connectivity index (χ2v) is 11.5. The second kappa shape index (κ2) is 10.8. The van der Waals surface area contributed by atoms with Gasteiger partial charge in [-0.2, -0.15) is 0 Å². The minimum atomic E-state index is -4.07. The van der Waals surface area contributed by atoms with Crippen molar-refractivity contribution < 1.29 is 13.2 Å². The number of anilines is 1. The summed E-state index contributed by atoms with van der Waals surface area (Å²) < 4.78 is 28.0. The molecule has 0 aliphatic heterocycles. The van der Waals surface area contributed by atoms with Crippen molar-refractivity contribution in [2.75, 3.05) is 10.8 Å². The van der Waals surface area contributed by atoms with Crippen LogP contribution in [0, 0.1) is 0 Å². The van der Waals surface area contributed by atoms with E-state index in [1.165, 1.54) is 18.2 Å². The Hall–Kier alpha value is -2.54. The van der Waals surface area contributed by atoms with Crippen molar-refractivity contribution in [3.8, 4) is 0 Å². The van der Waals surface area contributed by atoms with Gasteiger partial charge in [0, 0.05) is 6.04 Å². The van der Waals surface area contributed by atoms with E-state index in [0.717, 1.165) is 9.87 Å². The number of benzene rings is 3. The summed E-state index contributed by atoms with van der Waals surface area (Å²) in [6, 6.07) is 22.5. The summed E-state index contributed by atoms with van der Waals surface area (Å²) in [5, 5.41) is 3.21. The molecule has 1 N–H and O–H groups in total. The molecule has 1 amide bonds.